The van der Waals surface area contributed by atoms with Crippen LogP contribution >= 0.6 is 0 Å². The van der Waals surface area contributed by atoms with Crippen molar-refractivity contribution in [1.29, 1.82) is 5.26 Å². The van der Waals surface area contributed by atoms with Crippen LogP contribution in [0.1, 0.15) is 22.3 Å². The van der Waals surface area contributed by atoms with Crippen LogP contribution in [0.25, 0.3) is 6.08 Å². The molecule has 2 amide bonds. The molecule has 3 aromatic carbocycles. The first kappa shape index (κ1) is 23.3. The summed E-state index contributed by atoms with van der Waals surface area (Å²) in [4.78, 5) is 24.7. The number of aryl methyl sites for hydroxylation is 3. The Bertz CT molecular complexity index is 1240. The largest absolute Gasteiger partial charge is 0.484 e. The molecule has 0 radical (unpaired) electrons. The number of benzene rings is 3. The summed E-state index contributed by atoms with van der Waals surface area (Å²) >= 11 is 0. The molecule has 2 N–H and O–H groups in total. The third-order valence-corrected chi connectivity index (χ3v) is 4.99. The summed E-state index contributed by atoms with van der Waals surface area (Å²) in [6.07, 6.45) is 1.50. The lowest BCUT2D eigenvalue weighted by Crippen LogP contribution is -2.20. The van der Waals surface area contributed by atoms with Gasteiger partial charge in [0.2, 0.25) is 0 Å². The van der Waals surface area contributed by atoms with Gasteiger partial charge in [-0.2, -0.15) is 5.26 Å². The Morgan fingerprint density at radius 1 is 0.909 bits per heavy atom. The van der Waals surface area contributed by atoms with E-state index in [2.05, 4.69) is 10.6 Å². The van der Waals surface area contributed by atoms with Gasteiger partial charge in [-0.25, -0.2) is 0 Å². The van der Waals surface area contributed by atoms with Gasteiger partial charge in [-0.15, -0.1) is 0 Å². The van der Waals surface area contributed by atoms with E-state index in [1.807, 2.05) is 63.2 Å². The maximum absolute atomic E-state index is 12.5. The minimum atomic E-state index is -0.477. The topological polar surface area (TPSA) is 91.2 Å². The fourth-order valence-electron chi connectivity index (χ4n) is 3.08. The predicted molar refractivity (Wildman–Crippen MR) is 130 cm³/mol. The summed E-state index contributed by atoms with van der Waals surface area (Å²) in [5.41, 5.74) is 5.02. The zero-order valence-corrected chi connectivity index (χ0v) is 18.8. The second kappa shape index (κ2) is 10.8. The van der Waals surface area contributed by atoms with Crippen molar-refractivity contribution in [3.63, 3.8) is 0 Å². The van der Waals surface area contributed by atoms with Crippen LogP contribution in [0.4, 0.5) is 11.4 Å². The van der Waals surface area contributed by atoms with Crippen LogP contribution in [0.15, 0.2) is 72.3 Å². The van der Waals surface area contributed by atoms with Gasteiger partial charge in [0.25, 0.3) is 11.8 Å². The lowest BCUT2D eigenvalue weighted by Gasteiger charge is -2.10. The Balaban J connectivity index is 1.59. The summed E-state index contributed by atoms with van der Waals surface area (Å²) in [6, 6.07) is 22.0. The number of carbonyl (C=O) groups is 2. The Hall–Kier alpha value is -4.37. The quantitative estimate of drug-likeness (QED) is 0.392. The molecule has 0 bridgehead atoms. The van der Waals surface area contributed by atoms with Crippen LogP contribution in [-0.2, 0) is 9.59 Å². The monoisotopic (exact) mass is 439 g/mol. The van der Waals surface area contributed by atoms with E-state index in [1.54, 1.807) is 30.3 Å². The highest BCUT2D eigenvalue weighted by Crippen LogP contribution is 2.19. The van der Waals surface area contributed by atoms with Crippen molar-refractivity contribution in [2.45, 2.75) is 20.8 Å². The molecule has 0 saturated carbocycles. The van der Waals surface area contributed by atoms with Crippen LogP contribution < -0.4 is 15.4 Å². The fraction of sp³-hybridized carbons (Fsp3) is 0.148. The van der Waals surface area contributed by atoms with Gasteiger partial charge in [0.15, 0.2) is 6.61 Å². The maximum Gasteiger partial charge on any atom is 0.266 e. The number of rotatable bonds is 7. The van der Waals surface area contributed by atoms with Gasteiger partial charge >= 0.3 is 0 Å². The van der Waals surface area contributed by atoms with Gasteiger partial charge in [0.05, 0.1) is 0 Å². The van der Waals surface area contributed by atoms with Crippen LogP contribution in [0, 0.1) is 32.1 Å². The van der Waals surface area contributed by atoms with E-state index in [-0.39, 0.29) is 18.1 Å². The van der Waals surface area contributed by atoms with Gasteiger partial charge in [0, 0.05) is 11.4 Å². The van der Waals surface area contributed by atoms with Gasteiger partial charge in [0.1, 0.15) is 17.4 Å². The van der Waals surface area contributed by atoms with Gasteiger partial charge in [-0.1, -0.05) is 42.5 Å². The maximum atomic E-state index is 12.5. The molecular formula is C27H25N3O3. The van der Waals surface area contributed by atoms with Crippen molar-refractivity contribution >= 4 is 29.3 Å². The van der Waals surface area contributed by atoms with Crippen molar-refractivity contribution < 1.29 is 14.3 Å². The molecule has 0 unspecified atom stereocenters. The summed E-state index contributed by atoms with van der Waals surface area (Å²) in [5.74, 6) is -0.228. The van der Waals surface area contributed by atoms with E-state index >= 15 is 0 Å². The second-order valence-corrected chi connectivity index (χ2v) is 7.66. The highest BCUT2D eigenvalue weighted by Gasteiger charge is 2.11. The molecule has 166 valence electrons. The number of nitriles is 1. The molecule has 0 aliphatic carbocycles. The molecule has 0 aromatic heterocycles. The third-order valence-electron chi connectivity index (χ3n) is 4.99. The first-order valence-corrected chi connectivity index (χ1v) is 10.4. The van der Waals surface area contributed by atoms with Crippen molar-refractivity contribution in [3.05, 3.63) is 94.6 Å². The average Bonchev–Trinajstić information content (AvgIpc) is 2.80. The minimum absolute atomic E-state index is 0.0141. The number of ether oxygens (including phenoxy) is 1. The van der Waals surface area contributed by atoms with Crippen LogP contribution in [0.2, 0.25) is 0 Å². The number of hydrogen-bond acceptors (Lipinski definition) is 4. The number of hydrogen-bond donors (Lipinski definition) is 2. The fourth-order valence-corrected chi connectivity index (χ4v) is 3.08. The number of carbonyl (C=O) groups excluding carboxylic acids is 2. The van der Waals surface area contributed by atoms with Crippen molar-refractivity contribution in [2.24, 2.45) is 0 Å². The van der Waals surface area contributed by atoms with Crippen molar-refractivity contribution in [1.82, 2.24) is 0 Å². The van der Waals surface area contributed by atoms with E-state index < -0.39 is 5.91 Å². The molecule has 3 aromatic rings. The average molecular weight is 440 g/mol. The Labute approximate surface area is 193 Å². The molecule has 6 nitrogen and oxygen atoms in total. The number of nitrogens with one attached hydrogen (secondary N) is 2. The highest BCUT2D eigenvalue weighted by atomic mass is 16.5. The van der Waals surface area contributed by atoms with E-state index in [4.69, 9.17) is 4.74 Å². The molecule has 0 atom stereocenters. The lowest BCUT2D eigenvalue weighted by atomic mass is 10.1. The number of para-hydroxylation sites is 1. The minimum Gasteiger partial charge on any atom is -0.484 e. The van der Waals surface area contributed by atoms with E-state index in [1.165, 1.54) is 6.08 Å². The second-order valence-electron chi connectivity index (χ2n) is 7.66. The van der Waals surface area contributed by atoms with Crippen molar-refractivity contribution in [3.8, 4) is 11.8 Å². The zero-order chi connectivity index (χ0) is 23.8. The zero-order valence-electron chi connectivity index (χ0n) is 18.8. The van der Waals surface area contributed by atoms with Crippen LogP contribution in [-0.4, -0.2) is 18.4 Å². The first-order valence-electron chi connectivity index (χ1n) is 10.4. The van der Waals surface area contributed by atoms with E-state index in [0.29, 0.717) is 17.0 Å². The number of anilines is 2. The van der Waals surface area contributed by atoms with Gasteiger partial charge < -0.3 is 15.4 Å². The van der Waals surface area contributed by atoms with Crippen LogP contribution in [0.5, 0.6) is 5.75 Å². The van der Waals surface area contributed by atoms with Gasteiger partial charge in [-0.3, -0.25) is 9.59 Å². The van der Waals surface area contributed by atoms with Crippen LogP contribution in [0.3, 0.4) is 0 Å². The summed E-state index contributed by atoms with van der Waals surface area (Å²) < 4.78 is 5.56. The molecule has 6 heteroatoms. The summed E-state index contributed by atoms with van der Waals surface area (Å²) in [6.45, 7) is 5.64. The summed E-state index contributed by atoms with van der Waals surface area (Å²) in [7, 11) is 0. The summed E-state index contributed by atoms with van der Waals surface area (Å²) in [5, 5.41) is 15.0. The van der Waals surface area contributed by atoms with Crippen molar-refractivity contribution in [2.75, 3.05) is 17.2 Å². The van der Waals surface area contributed by atoms with E-state index in [9.17, 15) is 14.9 Å². The van der Waals surface area contributed by atoms with Gasteiger partial charge in [-0.05, 0) is 73.4 Å². The Morgan fingerprint density at radius 2 is 1.61 bits per heavy atom. The number of amides is 2. The molecule has 3 rings (SSSR count). The smallest absolute Gasteiger partial charge is 0.266 e. The molecule has 0 spiro atoms. The highest BCUT2D eigenvalue weighted by molar-refractivity contribution is 6.09. The Morgan fingerprint density at radius 3 is 2.30 bits per heavy atom. The predicted octanol–water partition coefficient (Wildman–Crippen LogP) is 5.18. The lowest BCUT2D eigenvalue weighted by molar-refractivity contribution is -0.118. The molecule has 33 heavy (non-hydrogen) atoms. The molecule has 0 heterocycles. The standard InChI is InChI=1S/C27H25N3O3/c1-18-8-9-20(3)25(14-18)29-26(31)17-33-23-12-10-21(11-13-23)15-22(16-28)27(32)30-24-7-5-4-6-19(24)2/h4-15H,17H2,1-3H3,(H,29,31)(H,30,32)/b22-15-. The number of nitrogens with zero attached hydrogens (tertiary/aromatic N) is 1. The molecule has 0 aliphatic rings. The molecular weight excluding hydrogens is 414 g/mol. The molecule has 0 aliphatic heterocycles. The molecule has 0 saturated heterocycles. The normalized spacial score (nSPS) is 10.8. The molecule has 0 fully saturated rings. The SMILES string of the molecule is Cc1ccc(C)c(NC(=O)COc2ccc(/C=C(/C#N)C(=O)Nc3ccccc3C)cc2)c1. The Kier molecular flexibility index (Phi) is 7.61. The van der Waals surface area contributed by atoms with E-state index in [0.717, 1.165) is 22.4 Å². The third kappa shape index (κ3) is 6.55. The first-order chi connectivity index (χ1) is 15.9.